The van der Waals surface area contributed by atoms with E-state index < -0.39 is 0 Å². The molecule has 3 heteroatoms. The molecule has 0 aromatic heterocycles. The third-order valence-corrected chi connectivity index (χ3v) is 5.18. The highest BCUT2D eigenvalue weighted by Gasteiger charge is 2.22. The van der Waals surface area contributed by atoms with Crippen LogP contribution in [0.3, 0.4) is 0 Å². The molecule has 1 unspecified atom stereocenters. The van der Waals surface area contributed by atoms with Crippen molar-refractivity contribution in [2.24, 2.45) is 5.92 Å². The predicted molar refractivity (Wildman–Crippen MR) is 77.8 cm³/mol. The van der Waals surface area contributed by atoms with Crippen molar-refractivity contribution in [1.29, 1.82) is 0 Å². The Morgan fingerprint density at radius 3 is 2.06 bits per heavy atom. The Labute approximate surface area is 115 Å². The first-order valence-electron chi connectivity index (χ1n) is 7.34. The van der Waals surface area contributed by atoms with Crippen LogP contribution in [0.5, 0.6) is 0 Å². The fourth-order valence-electron chi connectivity index (χ4n) is 3.16. The molecule has 0 N–H and O–H groups in total. The molecule has 2 heterocycles. The highest BCUT2D eigenvalue weighted by Crippen LogP contribution is 2.24. The largest absolute Gasteiger partial charge is 0.303 e. The summed E-state index contributed by atoms with van der Waals surface area (Å²) >= 11 is 3.73. The molecular formula is C14H27BrN2. The molecule has 2 aliphatic rings. The number of alkyl halides is 1. The summed E-state index contributed by atoms with van der Waals surface area (Å²) in [5, 5.41) is 0. The first-order chi connectivity index (χ1) is 8.25. The zero-order valence-electron chi connectivity index (χ0n) is 11.2. The topological polar surface area (TPSA) is 6.48 Å². The van der Waals surface area contributed by atoms with E-state index in [1.54, 1.807) is 0 Å². The Balaban J connectivity index is 1.55. The van der Waals surface area contributed by atoms with Crippen LogP contribution in [0.15, 0.2) is 0 Å². The lowest BCUT2D eigenvalue weighted by Crippen LogP contribution is -2.37. The maximum absolute atomic E-state index is 3.73. The lowest BCUT2D eigenvalue weighted by atomic mass is 9.94. The minimum Gasteiger partial charge on any atom is -0.303 e. The van der Waals surface area contributed by atoms with E-state index >= 15 is 0 Å². The SMILES string of the molecule is CC(Br)C1CCN(CCCN2CCCC2)CC1. The van der Waals surface area contributed by atoms with Gasteiger partial charge in [0.2, 0.25) is 0 Å². The summed E-state index contributed by atoms with van der Waals surface area (Å²) in [7, 11) is 0. The van der Waals surface area contributed by atoms with Crippen LogP contribution >= 0.6 is 15.9 Å². The highest BCUT2D eigenvalue weighted by molar-refractivity contribution is 9.09. The number of nitrogens with zero attached hydrogens (tertiary/aromatic N) is 2. The van der Waals surface area contributed by atoms with E-state index in [1.165, 1.54) is 71.4 Å². The number of halogens is 1. The van der Waals surface area contributed by atoms with Crippen molar-refractivity contribution in [2.45, 2.75) is 43.9 Å². The molecule has 2 fully saturated rings. The molecule has 0 aliphatic carbocycles. The minimum absolute atomic E-state index is 0.703. The molecular weight excluding hydrogens is 276 g/mol. The molecule has 2 aliphatic heterocycles. The van der Waals surface area contributed by atoms with Crippen molar-refractivity contribution >= 4 is 15.9 Å². The lowest BCUT2D eigenvalue weighted by Gasteiger charge is -2.33. The van der Waals surface area contributed by atoms with Crippen molar-refractivity contribution < 1.29 is 0 Å². The minimum atomic E-state index is 0.703. The van der Waals surface area contributed by atoms with E-state index in [9.17, 15) is 0 Å². The first kappa shape index (κ1) is 13.8. The normalized spacial score (nSPS) is 26.5. The van der Waals surface area contributed by atoms with Gasteiger partial charge in [0.1, 0.15) is 0 Å². The molecule has 2 rings (SSSR count). The van der Waals surface area contributed by atoms with Crippen LogP contribution in [-0.2, 0) is 0 Å². The molecule has 0 radical (unpaired) electrons. The molecule has 2 nitrogen and oxygen atoms in total. The quantitative estimate of drug-likeness (QED) is 0.721. The van der Waals surface area contributed by atoms with Gasteiger partial charge in [-0.25, -0.2) is 0 Å². The monoisotopic (exact) mass is 302 g/mol. The second-order valence-electron chi connectivity index (χ2n) is 5.76. The van der Waals surface area contributed by atoms with E-state index in [-0.39, 0.29) is 0 Å². The van der Waals surface area contributed by atoms with Crippen LogP contribution in [0, 0.1) is 5.92 Å². The Morgan fingerprint density at radius 2 is 1.53 bits per heavy atom. The van der Waals surface area contributed by atoms with Gasteiger partial charge in [0.05, 0.1) is 0 Å². The lowest BCUT2D eigenvalue weighted by molar-refractivity contribution is 0.176. The van der Waals surface area contributed by atoms with Crippen molar-refractivity contribution in [3.05, 3.63) is 0 Å². The average Bonchev–Trinajstić information content (AvgIpc) is 2.83. The van der Waals surface area contributed by atoms with Gasteiger partial charge >= 0.3 is 0 Å². The van der Waals surface area contributed by atoms with Gasteiger partial charge in [-0.1, -0.05) is 22.9 Å². The first-order valence-corrected chi connectivity index (χ1v) is 8.26. The Morgan fingerprint density at radius 1 is 1.00 bits per heavy atom. The van der Waals surface area contributed by atoms with E-state index in [2.05, 4.69) is 32.7 Å². The van der Waals surface area contributed by atoms with Crippen LogP contribution in [0.25, 0.3) is 0 Å². The summed E-state index contributed by atoms with van der Waals surface area (Å²) < 4.78 is 0. The zero-order chi connectivity index (χ0) is 12.1. The van der Waals surface area contributed by atoms with Gasteiger partial charge in [0.15, 0.2) is 0 Å². The second-order valence-corrected chi connectivity index (χ2v) is 7.20. The molecule has 0 spiro atoms. The van der Waals surface area contributed by atoms with Crippen molar-refractivity contribution in [3.8, 4) is 0 Å². The van der Waals surface area contributed by atoms with Crippen LogP contribution in [-0.4, -0.2) is 53.9 Å². The number of piperidine rings is 1. The fourth-order valence-corrected chi connectivity index (χ4v) is 3.69. The van der Waals surface area contributed by atoms with Gasteiger partial charge in [-0.2, -0.15) is 0 Å². The van der Waals surface area contributed by atoms with Gasteiger partial charge in [-0.3, -0.25) is 0 Å². The molecule has 0 aromatic rings. The number of likely N-dealkylation sites (tertiary alicyclic amines) is 2. The van der Waals surface area contributed by atoms with Crippen molar-refractivity contribution in [3.63, 3.8) is 0 Å². The number of rotatable bonds is 5. The van der Waals surface area contributed by atoms with Gasteiger partial charge in [-0.05, 0) is 77.3 Å². The summed E-state index contributed by atoms with van der Waals surface area (Å²) in [5.74, 6) is 0.907. The van der Waals surface area contributed by atoms with Crippen molar-refractivity contribution in [1.82, 2.24) is 9.80 Å². The van der Waals surface area contributed by atoms with E-state index in [1.807, 2.05) is 0 Å². The molecule has 0 bridgehead atoms. The van der Waals surface area contributed by atoms with Crippen LogP contribution in [0.1, 0.15) is 39.0 Å². The van der Waals surface area contributed by atoms with Crippen LogP contribution < -0.4 is 0 Å². The molecule has 100 valence electrons. The van der Waals surface area contributed by atoms with Gasteiger partial charge < -0.3 is 9.80 Å². The zero-order valence-corrected chi connectivity index (χ0v) is 12.8. The third-order valence-electron chi connectivity index (χ3n) is 4.43. The molecule has 0 aromatic carbocycles. The molecule has 1 atom stereocenters. The standard InChI is InChI=1S/C14H27BrN2/c1-13(15)14-5-11-17(12-6-14)10-4-9-16-7-2-3-8-16/h13-14H,2-12H2,1H3. The molecule has 17 heavy (non-hydrogen) atoms. The maximum atomic E-state index is 3.73. The highest BCUT2D eigenvalue weighted by atomic mass is 79.9. The summed E-state index contributed by atoms with van der Waals surface area (Å²) in [6.45, 7) is 10.3. The fraction of sp³-hybridized carbons (Fsp3) is 1.00. The van der Waals surface area contributed by atoms with E-state index in [0.29, 0.717) is 4.83 Å². The molecule has 0 saturated carbocycles. The predicted octanol–water partition coefficient (Wildman–Crippen LogP) is 2.97. The second kappa shape index (κ2) is 7.10. The maximum Gasteiger partial charge on any atom is 0.0146 e. The smallest absolute Gasteiger partial charge is 0.0146 e. The summed E-state index contributed by atoms with van der Waals surface area (Å²) in [6.07, 6.45) is 6.99. The van der Waals surface area contributed by atoms with E-state index in [0.717, 1.165) is 5.92 Å². The number of hydrogen-bond acceptors (Lipinski definition) is 2. The van der Waals surface area contributed by atoms with Crippen LogP contribution in [0.2, 0.25) is 0 Å². The summed E-state index contributed by atoms with van der Waals surface area (Å²) in [4.78, 5) is 6.00. The summed E-state index contributed by atoms with van der Waals surface area (Å²) in [6, 6.07) is 0. The number of hydrogen-bond donors (Lipinski definition) is 0. The summed E-state index contributed by atoms with van der Waals surface area (Å²) in [5.41, 5.74) is 0. The Hall–Kier alpha value is 0.400. The Kier molecular flexibility index (Phi) is 5.78. The van der Waals surface area contributed by atoms with Crippen molar-refractivity contribution in [2.75, 3.05) is 39.3 Å². The molecule has 0 amide bonds. The third kappa shape index (κ3) is 4.53. The van der Waals surface area contributed by atoms with Crippen LogP contribution in [0.4, 0.5) is 0 Å². The van der Waals surface area contributed by atoms with Gasteiger partial charge in [0, 0.05) is 4.83 Å². The van der Waals surface area contributed by atoms with Gasteiger partial charge in [-0.15, -0.1) is 0 Å². The van der Waals surface area contributed by atoms with Gasteiger partial charge in [0.25, 0.3) is 0 Å². The van der Waals surface area contributed by atoms with E-state index in [4.69, 9.17) is 0 Å². The Bertz CT molecular complexity index is 206. The average molecular weight is 303 g/mol. The molecule has 2 saturated heterocycles.